The van der Waals surface area contributed by atoms with Gasteiger partial charge >= 0.3 is 5.97 Å². The predicted octanol–water partition coefficient (Wildman–Crippen LogP) is 6.23. The Morgan fingerprint density at radius 1 is 0.919 bits per heavy atom. The minimum Gasteiger partial charge on any atom is -0.494 e. The molecule has 0 amide bonds. The van der Waals surface area contributed by atoms with E-state index in [1.165, 1.54) is 39.3 Å². The number of hydrogen-bond donors (Lipinski definition) is 0. The molecule has 0 unspecified atom stereocenters. The van der Waals surface area contributed by atoms with E-state index in [2.05, 4.69) is 23.9 Å². The third-order valence-electron chi connectivity index (χ3n) is 6.63. The van der Waals surface area contributed by atoms with Gasteiger partial charge in [0, 0.05) is 30.3 Å². The molecule has 0 saturated carbocycles. The topological polar surface area (TPSA) is 74.0 Å². The summed E-state index contributed by atoms with van der Waals surface area (Å²) in [6.45, 7) is 8.34. The van der Waals surface area contributed by atoms with Crippen molar-refractivity contribution in [3.63, 3.8) is 0 Å². The van der Waals surface area contributed by atoms with Gasteiger partial charge in [-0.1, -0.05) is 36.6 Å². The maximum atomic E-state index is 11.6. The van der Waals surface area contributed by atoms with Crippen molar-refractivity contribution in [1.82, 2.24) is 10.1 Å². The van der Waals surface area contributed by atoms with Crippen LogP contribution < -0.4 is 4.74 Å². The minimum atomic E-state index is -0.362. The fraction of sp³-hybridized carbons (Fsp3) is 0.467. The zero-order chi connectivity index (χ0) is 26.0. The van der Waals surface area contributed by atoms with Crippen LogP contribution in [0.15, 0.2) is 59.1 Å². The number of hydrogen-bond acceptors (Lipinski definition) is 7. The molecule has 0 N–H and O–H groups in total. The van der Waals surface area contributed by atoms with Crippen LogP contribution in [0.5, 0.6) is 5.75 Å². The van der Waals surface area contributed by atoms with Gasteiger partial charge in [0.05, 0.1) is 31.5 Å². The van der Waals surface area contributed by atoms with E-state index in [0.717, 1.165) is 43.0 Å². The lowest BCUT2D eigenvalue weighted by atomic mass is 10.1. The largest absolute Gasteiger partial charge is 0.494 e. The van der Waals surface area contributed by atoms with Crippen molar-refractivity contribution in [2.45, 2.75) is 58.2 Å². The van der Waals surface area contributed by atoms with Gasteiger partial charge in [0.1, 0.15) is 11.4 Å². The van der Waals surface area contributed by atoms with Crippen molar-refractivity contribution >= 4 is 5.97 Å². The highest BCUT2D eigenvalue weighted by atomic mass is 16.5. The van der Waals surface area contributed by atoms with Crippen LogP contribution in [0.2, 0.25) is 0 Å². The van der Waals surface area contributed by atoms with E-state index >= 15 is 0 Å². The molecule has 2 heterocycles. The maximum Gasteiger partial charge on any atom is 0.337 e. The first kappa shape index (κ1) is 26.9. The number of carbonyl (C=O) groups excluding carboxylic acids is 1. The van der Waals surface area contributed by atoms with Gasteiger partial charge in [-0.15, -0.1) is 0 Å². The molecule has 7 heteroatoms. The quantitative estimate of drug-likeness (QED) is 0.213. The monoisotopic (exact) mass is 506 g/mol. The lowest BCUT2D eigenvalue weighted by molar-refractivity contribution is -0.0681. The Hall–Kier alpha value is -3.16. The fourth-order valence-electron chi connectivity index (χ4n) is 4.78. The number of esters is 1. The lowest BCUT2D eigenvalue weighted by Gasteiger charge is -2.35. The molecule has 0 aliphatic carbocycles. The zero-order valence-corrected chi connectivity index (χ0v) is 22.2. The van der Waals surface area contributed by atoms with E-state index in [1.54, 1.807) is 12.1 Å². The highest BCUT2D eigenvalue weighted by molar-refractivity contribution is 5.89. The van der Waals surface area contributed by atoms with Crippen LogP contribution in [-0.4, -0.2) is 61.6 Å². The Bertz CT molecular complexity index is 1100. The second kappa shape index (κ2) is 13.4. The number of ether oxygens (including phenoxy) is 3. The van der Waals surface area contributed by atoms with E-state index in [4.69, 9.17) is 18.7 Å². The molecule has 0 spiro atoms. The highest BCUT2D eigenvalue weighted by Gasteiger charge is 2.21. The highest BCUT2D eigenvalue weighted by Crippen LogP contribution is 2.28. The smallest absolute Gasteiger partial charge is 0.337 e. The number of unbranched alkanes of at least 4 members (excludes halogenated alkanes) is 4. The first-order chi connectivity index (χ1) is 18.0. The Morgan fingerprint density at radius 3 is 2.27 bits per heavy atom. The normalized spacial score (nSPS) is 18.0. The molecular weight excluding hydrogens is 468 g/mol. The van der Waals surface area contributed by atoms with E-state index in [1.807, 2.05) is 42.5 Å². The number of carbonyl (C=O) groups is 1. The average molecular weight is 507 g/mol. The van der Waals surface area contributed by atoms with Gasteiger partial charge in [-0.3, -0.25) is 4.90 Å². The van der Waals surface area contributed by atoms with Crippen LogP contribution in [0.3, 0.4) is 0 Å². The Kier molecular flexibility index (Phi) is 9.74. The molecule has 1 aliphatic heterocycles. The summed E-state index contributed by atoms with van der Waals surface area (Å²) in [4.78, 5) is 14.1. The van der Waals surface area contributed by atoms with Crippen LogP contribution >= 0.6 is 0 Å². The van der Waals surface area contributed by atoms with Gasteiger partial charge in [-0.2, -0.15) is 0 Å². The summed E-state index contributed by atoms with van der Waals surface area (Å²) in [5, 5.41) is 4.17. The van der Waals surface area contributed by atoms with E-state index in [9.17, 15) is 4.79 Å². The zero-order valence-electron chi connectivity index (χ0n) is 22.2. The molecule has 2 atom stereocenters. The van der Waals surface area contributed by atoms with Gasteiger partial charge in [0.2, 0.25) is 0 Å². The van der Waals surface area contributed by atoms with Gasteiger partial charge < -0.3 is 18.7 Å². The Labute approximate surface area is 219 Å². The molecule has 0 radical (unpaired) electrons. The summed E-state index contributed by atoms with van der Waals surface area (Å²) >= 11 is 0. The molecule has 198 valence electrons. The SMILES string of the molecule is COC(=O)c1ccc(-c2cc(-c3ccc(OCCCCCCCN4C[C@@H](C)O[C@@H](C)C4)cc3)on2)cc1. The second-order valence-electron chi connectivity index (χ2n) is 9.80. The van der Waals surface area contributed by atoms with Crippen molar-refractivity contribution in [1.29, 1.82) is 0 Å². The average Bonchev–Trinajstić information content (AvgIpc) is 3.40. The number of aromatic nitrogens is 1. The number of benzene rings is 2. The van der Waals surface area contributed by atoms with Crippen molar-refractivity contribution in [3.05, 3.63) is 60.2 Å². The lowest BCUT2D eigenvalue weighted by Crippen LogP contribution is -2.45. The standard InChI is InChI=1S/C30H38N2O5/c1-22-20-32(21-23(2)36-22)17-7-5-4-6-8-18-35-27-15-13-25(14-16-27)29-19-28(31-37-29)24-9-11-26(12-10-24)30(33)34-3/h9-16,19,22-23H,4-8,17-18,20-21H2,1-3H3/t22-,23+. The van der Waals surface area contributed by atoms with Crippen molar-refractivity contribution < 1.29 is 23.5 Å². The van der Waals surface area contributed by atoms with Crippen LogP contribution in [-0.2, 0) is 9.47 Å². The van der Waals surface area contributed by atoms with E-state index < -0.39 is 0 Å². The van der Waals surface area contributed by atoms with Crippen LogP contribution in [0.1, 0.15) is 56.3 Å². The van der Waals surface area contributed by atoms with Gasteiger partial charge in [-0.05, 0) is 69.6 Å². The number of methoxy groups -OCH3 is 1. The molecule has 7 nitrogen and oxygen atoms in total. The summed E-state index contributed by atoms with van der Waals surface area (Å²) in [7, 11) is 1.37. The molecule has 37 heavy (non-hydrogen) atoms. The summed E-state index contributed by atoms with van der Waals surface area (Å²) in [5.74, 6) is 1.18. The number of nitrogens with zero attached hydrogens (tertiary/aromatic N) is 2. The first-order valence-corrected chi connectivity index (χ1v) is 13.3. The summed E-state index contributed by atoms with van der Waals surface area (Å²) in [6.07, 6.45) is 6.72. The molecule has 4 rings (SSSR count). The number of rotatable bonds is 12. The summed E-state index contributed by atoms with van der Waals surface area (Å²) in [5.41, 5.74) is 3.01. The Balaban J connectivity index is 1.14. The fourth-order valence-corrected chi connectivity index (χ4v) is 4.78. The molecule has 0 bridgehead atoms. The van der Waals surface area contributed by atoms with E-state index in [-0.39, 0.29) is 5.97 Å². The predicted molar refractivity (Wildman–Crippen MR) is 144 cm³/mol. The second-order valence-corrected chi connectivity index (χ2v) is 9.80. The van der Waals surface area contributed by atoms with Gasteiger partial charge in [0.15, 0.2) is 5.76 Å². The maximum absolute atomic E-state index is 11.6. The molecule has 3 aromatic rings. The molecule has 1 saturated heterocycles. The van der Waals surface area contributed by atoms with E-state index in [0.29, 0.717) is 29.2 Å². The van der Waals surface area contributed by atoms with Crippen LogP contribution in [0.25, 0.3) is 22.6 Å². The third-order valence-corrected chi connectivity index (χ3v) is 6.63. The molecule has 1 fully saturated rings. The van der Waals surface area contributed by atoms with Crippen LogP contribution in [0, 0.1) is 0 Å². The molecule has 2 aromatic carbocycles. The molecule has 1 aliphatic rings. The molecule has 1 aromatic heterocycles. The Morgan fingerprint density at radius 2 is 1.57 bits per heavy atom. The van der Waals surface area contributed by atoms with Gasteiger partial charge in [0.25, 0.3) is 0 Å². The summed E-state index contributed by atoms with van der Waals surface area (Å²) < 4.78 is 22.0. The minimum absolute atomic E-state index is 0.349. The van der Waals surface area contributed by atoms with Crippen LogP contribution in [0.4, 0.5) is 0 Å². The summed E-state index contributed by atoms with van der Waals surface area (Å²) in [6, 6.07) is 16.9. The number of morpholine rings is 1. The van der Waals surface area contributed by atoms with Crippen molar-refractivity contribution in [2.75, 3.05) is 33.4 Å². The van der Waals surface area contributed by atoms with Gasteiger partial charge in [-0.25, -0.2) is 4.79 Å². The third kappa shape index (κ3) is 7.91. The molecular formula is C30H38N2O5. The first-order valence-electron chi connectivity index (χ1n) is 13.3. The van der Waals surface area contributed by atoms with Crippen molar-refractivity contribution in [2.24, 2.45) is 0 Å². The van der Waals surface area contributed by atoms with Crippen molar-refractivity contribution in [3.8, 4) is 28.3 Å².